The molecule has 0 bridgehead atoms. The summed E-state index contributed by atoms with van der Waals surface area (Å²) < 4.78 is 0. The fourth-order valence-electron chi connectivity index (χ4n) is 2.83. The molecule has 144 valence electrons. The van der Waals surface area contributed by atoms with Gasteiger partial charge in [0.1, 0.15) is 5.69 Å². The zero-order chi connectivity index (χ0) is 20.4. The number of benzene rings is 2. The molecule has 1 saturated heterocycles. The molecule has 3 rings (SSSR count). The maximum Gasteiger partial charge on any atom is 0.293 e. The van der Waals surface area contributed by atoms with Gasteiger partial charge in [-0.05, 0) is 54.9 Å². The van der Waals surface area contributed by atoms with Crippen LogP contribution >= 0.6 is 11.8 Å². The first-order valence-electron chi connectivity index (χ1n) is 8.57. The van der Waals surface area contributed by atoms with Crippen LogP contribution in [0.25, 0.3) is 6.08 Å². The summed E-state index contributed by atoms with van der Waals surface area (Å²) >= 11 is 1.22. The second kappa shape index (κ2) is 7.85. The number of anilines is 1. The molecule has 0 radical (unpaired) electrons. The molecule has 2 aromatic rings. The Morgan fingerprint density at radius 3 is 2.57 bits per heavy atom. The van der Waals surface area contributed by atoms with Crippen LogP contribution in [0.15, 0.2) is 46.3 Å². The van der Waals surface area contributed by atoms with Crippen molar-refractivity contribution in [2.45, 2.75) is 13.8 Å². The average molecular weight is 396 g/mol. The first-order chi connectivity index (χ1) is 13.2. The summed E-state index contributed by atoms with van der Waals surface area (Å²) in [5.74, 6) is -0.271. The molecule has 0 saturated carbocycles. The van der Waals surface area contributed by atoms with E-state index in [1.807, 2.05) is 32.0 Å². The number of hydrogen-bond acceptors (Lipinski definition) is 6. The number of aryl methyl sites for hydroxylation is 2. The van der Waals surface area contributed by atoms with Gasteiger partial charge in [-0.2, -0.15) is 0 Å². The zero-order valence-corrected chi connectivity index (χ0v) is 16.8. The highest BCUT2D eigenvalue weighted by molar-refractivity contribution is 8.18. The van der Waals surface area contributed by atoms with E-state index in [2.05, 4.69) is 10.3 Å². The summed E-state index contributed by atoms with van der Waals surface area (Å²) in [6.45, 7) is 3.98. The Hall–Kier alpha value is -3.13. The van der Waals surface area contributed by atoms with Crippen molar-refractivity contribution < 1.29 is 9.72 Å². The molecular formula is C20H20N4O3S. The molecular weight excluding hydrogens is 376 g/mol. The van der Waals surface area contributed by atoms with Crippen LogP contribution in [0.2, 0.25) is 0 Å². The standard InChI is InChI=1S/C20H20N4O3S/c1-12-5-7-15(13(2)9-12)21-20-22-19(25)18(28-20)11-14-6-8-16(23(3)4)17(10-14)24(26)27/h5-11H,1-4H3,(H,21,22,25)/b18-11-. The minimum absolute atomic E-state index is 0.00748. The van der Waals surface area contributed by atoms with Gasteiger partial charge >= 0.3 is 0 Å². The highest BCUT2D eigenvalue weighted by atomic mass is 32.2. The largest absolute Gasteiger partial charge is 0.372 e. The predicted molar refractivity (Wildman–Crippen MR) is 114 cm³/mol. The van der Waals surface area contributed by atoms with Crippen molar-refractivity contribution in [3.63, 3.8) is 0 Å². The molecule has 0 aromatic heterocycles. The minimum Gasteiger partial charge on any atom is -0.372 e. The molecule has 1 aliphatic heterocycles. The highest BCUT2D eigenvalue weighted by Crippen LogP contribution is 2.32. The Bertz CT molecular complexity index is 1030. The number of amidine groups is 1. The van der Waals surface area contributed by atoms with Crippen molar-refractivity contribution in [2.24, 2.45) is 4.99 Å². The van der Waals surface area contributed by atoms with Crippen molar-refractivity contribution in [3.8, 4) is 0 Å². The van der Waals surface area contributed by atoms with Crippen LogP contribution in [0, 0.1) is 24.0 Å². The zero-order valence-electron chi connectivity index (χ0n) is 16.0. The lowest BCUT2D eigenvalue weighted by Crippen LogP contribution is -2.19. The Morgan fingerprint density at radius 1 is 1.18 bits per heavy atom. The molecule has 1 aliphatic rings. The van der Waals surface area contributed by atoms with Crippen LogP contribution < -0.4 is 10.2 Å². The maximum absolute atomic E-state index is 12.3. The molecule has 0 aliphatic carbocycles. The molecule has 0 unspecified atom stereocenters. The molecule has 2 aromatic carbocycles. The van der Waals surface area contributed by atoms with Crippen molar-refractivity contribution in [1.82, 2.24) is 5.32 Å². The molecule has 8 heteroatoms. The molecule has 0 atom stereocenters. The van der Waals surface area contributed by atoms with Gasteiger partial charge in [-0.15, -0.1) is 0 Å². The van der Waals surface area contributed by atoms with E-state index in [0.717, 1.165) is 16.8 Å². The van der Waals surface area contributed by atoms with E-state index in [0.29, 0.717) is 21.3 Å². The molecule has 1 amide bonds. The number of nitrogens with zero attached hydrogens (tertiary/aromatic N) is 3. The topological polar surface area (TPSA) is 87.8 Å². The fraction of sp³-hybridized carbons (Fsp3) is 0.200. The quantitative estimate of drug-likeness (QED) is 0.476. The summed E-state index contributed by atoms with van der Waals surface area (Å²) in [6.07, 6.45) is 1.64. The molecule has 1 fully saturated rings. The smallest absolute Gasteiger partial charge is 0.293 e. The number of nitro benzene ring substituents is 1. The lowest BCUT2D eigenvalue weighted by atomic mass is 10.1. The van der Waals surface area contributed by atoms with Gasteiger partial charge in [0, 0.05) is 20.2 Å². The number of thioether (sulfide) groups is 1. The number of carbonyl (C=O) groups is 1. The number of amides is 1. The minimum atomic E-state index is -0.424. The van der Waals surface area contributed by atoms with Gasteiger partial charge in [-0.1, -0.05) is 23.8 Å². The number of carbonyl (C=O) groups excluding carboxylic acids is 1. The van der Waals surface area contributed by atoms with Crippen LogP contribution in [0.1, 0.15) is 16.7 Å². The van der Waals surface area contributed by atoms with E-state index in [4.69, 9.17) is 0 Å². The molecule has 28 heavy (non-hydrogen) atoms. The Balaban J connectivity index is 1.89. The van der Waals surface area contributed by atoms with Crippen LogP contribution in [-0.4, -0.2) is 30.1 Å². The third-order valence-electron chi connectivity index (χ3n) is 4.20. The van der Waals surface area contributed by atoms with E-state index in [1.165, 1.54) is 17.8 Å². The van der Waals surface area contributed by atoms with Crippen LogP contribution in [0.3, 0.4) is 0 Å². The van der Waals surface area contributed by atoms with E-state index in [-0.39, 0.29) is 11.6 Å². The molecule has 0 spiro atoms. The van der Waals surface area contributed by atoms with Gasteiger partial charge < -0.3 is 10.2 Å². The third-order valence-corrected chi connectivity index (χ3v) is 5.11. The second-order valence-corrected chi connectivity index (χ2v) is 7.70. The monoisotopic (exact) mass is 396 g/mol. The van der Waals surface area contributed by atoms with Crippen molar-refractivity contribution in [1.29, 1.82) is 0 Å². The van der Waals surface area contributed by atoms with E-state index in [9.17, 15) is 14.9 Å². The summed E-state index contributed by atoms with van der Waals surface area (Å²) in [7, 11) is 3.49. The number of aliphatic imine (C=N–C) groups is 1. The van der Waals surface area contributed by atoms with Crippen LogP contribution in [-0.2, 0) is 4.79 Å². The number of nitrogens with one attached hydrogen (secondary N) is 1. The van der Waals surface area contributed by atoms with Crippen molar-refractivity contribution in [3.05, 3.63) is 68.1 Å². The van der Waals surface area contributed by atoms with E-state index >= 15 is 0 Å². The summed E-state index contributed by atoms with van der Waals surface area (Å²) in [6, 6.07) is 10.8. The second-order valence-electron chi connectivity index (χ2n) is 6.67. The van der Waals surface area contributed by atoms with Gasteiger partial charge in [0.2, 0.25) is 0 Å². The summed E-state index contributed by atoms with van der Waals surface area (Å²) in [4.78, 5) is 29.8. The average Bonchev–Trinajstić information content (AvgIpc) is 2.96. The third kappa shape index (κ3) is 4.23. The first kappa shape index (κ1) is 19.6. The van der Waals surface area contributed by atoms with Gasteiger partial charge in [0.15, 0.2) is 5.17 Å². The number of hydrogen-bond donors (Lipinski definition) is 1. The van der Waals surface area contributed by atoms with Gasteiger partial charge in [0.25, 0.3) is 11.6 Å². The van der Waals surface area contributed by atoms with E-state index < -0.39 is 4.92 Å². The number of nitro groups is 1. The molecule has 1 N–H and O–H groups in total. The lowest BCUT2D eigenvalue weighted by molar-refractivity contribution is -0.384. The van der Waals surface area contributed by atoms with Crippen molar-refractivity contribution >= 4 is 46.0 Å². The number of rotatable bonds is 4. The predicted octanol–water partition coefficient (Wildman–Crippen LogP) is 4.17. The summed E-state index contributed by atoms with van der Waals surface area (Å²) in [5, 5.41) is 14.6. The van der Waals surface area contributed by atoms with E-state index in [1.54, 1.807) is 37.2 Å². The summed E-state index contributed by atoms with van der Waals surface area (Å²) in [5.41, 5.74) is 4.05. The Labute approximate surface area is 167 Å². The lowest BCUT2D eigenvalue weighted by Gasteiger charge is -2.12. The maximum atomic E-state index is 12.3. The van der Waals surface area contributed by atoms with Gasteiger partial charge in [-0.25, -0.2) is 4.99 Å². The first-order valence-corrected chi connectivity index (χ1v) is 9.39. The normalized spacial score (nSPS) is 16.5. The highest BCUT2D eigenvalue weighted by Gasteiger charge is 2.24. The van der Waals surface area contributed by atoms with Gasteiger partial charge in [-0.3, -0.25) is 14.9 Å². The molecule has 7 nitrogen and oxygen atoms in total. The Morgan fingerprint density at radius 2 is 1.93 bits per heavy atom. The van der Waals surface area contributed by atoms with Crippen LogP contribution in [0.5, 0.6) is 0 Å². The van der Waals surface area contributed by atoms with Gasteiger partial charge in [0.05, 0.1) is 15.5 Å². The SMILES string of the molecule is Cc1ccc(N=C2NC(=O)/C(=C/c3ccc(N(C)C)c([N+](=O)[O-])c3)S2)c(C)c1. The van der Waals surface area contributed by atoms with Crippen LogP contribution in [0.4, 0.5) is 17.1 Å². The van der Waals surface area contributed by atoms with Crippen molar-refractivity contribution in [2.75, 3.05) is 19.0 Å². The molecule has 1 heterocycles. The fourth-order valence-corrected chi connectivity index (χ4v) is 3.66. The Kier molecular flexibility index (Phi) is 5.51.